The van der Waals surface area contributed by atoms with E-state index in [9.17, 15) is 4.79 Å². The van der Waals surface area contributed by atoms with Gasteiger partial charge < -0.3 is 10.1 Å². The fourth-order valence-corrected chi connectivity index (χ4v) is 2.34. The lowest BCUT2D eigenvalue weighted by Crippen LogP contribution is -2.28. The van der Waals surface area contributed by atoms with Crippen LogP contribution in [0.5, 0.6) is 0 Å². The first-order valence-electron chi connectivity index (χ1n) is 8.43. The van der Waals surface area contributed by atoms with Crippen LogP contribution in [0.15, 0.2) is 24.5 Å². The van der Waals surface area contributed by atoms with Crippen LogP contribution >= 0.6 is 0 Å². The molecule has 0 radical (unpaired) electrons. The molecule has 6 heteroatoms. The molecule has 2 heterocycles. The van der Waals surface area contributed by atoms with Gasteiger partial charge in [-0.2, -0.15) is 5.10 Å². The number of aromatic nitrogens is 3. The molecule has 0 fully saturated rings. The highest BCUT2D eigenvalue weighted by atomic mass is 16.5. The minimum Gasteiger partial charge on any atom is -0.369 e. The Kier molecular flexibility index (Phi) is 6.49. The van der Waals surface area contributed by atoms with E-state index in [2.05, 4.69) is 34.3 Å². The average Bonchev–Trinajstić information content (AvgIpc) is 2.97. The molecule has 0 aliphatic heterocycles. The van der Waals surface area contributed by atoms with Crippen molar-refractivity contribution in [3.05, 3.63) is 30.1 Å². The summed E-state index contributed by atoms with van der Waals surface area (Å²) in [6.07, 6.45) is 4.66. The van der Waals surface area contributed by atoms with Crippen molar-refractivity contribution >= 4 is 11.7 Å². The van der Waals surface area contributed by atoms with Gasteiger partial charge in [0.2, 0.25) is 0 Å². The maximum absolute atomic E-state index is 12.3. The number of nitrogens with one attached hydrogen (secondary N) is 2. The summed E-state index contributed by atoms with van der Waals surface area (Å²) in [6.45, 7) is 8.64. The third-order valence-electron chi connectivity index (χ3n) is 3.86. The van der Waals surface area contributed by atoms with E-state index >= 15 is 0 Å². The number of rotatable bonds is 8. The molecule has 0 saturated heterocycles. The van der Waals surface area contributed by atoms with Gasteiger partial charge in [0.25, 0.3) is 5.91 Å². The molecule has 0 aliphatic carbocycles. The van der Waals surface area contributed by atoms with Crippen LogP contribution in [-0.4, -0.2) is 33.8 Å². The van der Waals surface area contributed by atoms with E-state index < -0.39 is 6.10 Å². The molecule has 1 atom stereocenters. The van der Waals surface area contributed by atoms with Crippen molar-refractivity contribution in [2.24, 2.45) is 5.92 Å². The number of nitrogens with zero attached hydrogens (tertiary/aromatic N) is 2. The predicted octanol–water partition coefficient (Wildman–Crippen LogP) is 3.42. The summed E-state index contributed by atoms with van der Waals surface area (Å²) in [6, 6.07) is 3.83. The zero-order valence-corrected chi connectivity index (χ0v) is 14.8. The summed E-state index contributed by atoms with van der Waals surface area (Å²) in [5.74, 6) is 0.941. The SMILES string of the molecule is CCc1c(NC(=O)C(C)OCCC(C)C)n[nH]c1-c1ccncc1. The first-order valence-corrected chi connectivity index (χ1v) is 8.43. The summed E-state index contributed by atoms with van der Waals surface area (Å²) in [4.78, 5) is 16.3. The van der Waals surface area contributed by atoms with E-state index in [0.717, 1.165) is 29.7 Å². The third kappa shape index (κ3) is 4.64. The van der Waals surface area contributed by atoms with Crippen molar-refractivity contribution in [2.75, 3.05) is 11.9 Å². The standard InChI is InChI=1S/C18H26N4O2/c1-5-15-16(14-6-9-19-10-7-14)21-22-17(15)20-18(23)13(4)24-11-8-12(2)3/h6-7,9-10,12-13H,5,8,11H2,1-4H3,(H2,20,21,22,23). The number of amides is 1. The number of carbonyl (C=O) groups excluding carboxylic acids is 1. The molecule has 1 amide bonds. The van der Waals surface area contributed by atoms with Crippen molar-refractivity contribution in [3.8, 4) is 11.3 Å². The van der Waals surface area contributed by atoms with E-state index in [1.807, 2.05) is 19.1 Å². The Morgan fingerprint density at radius 2 is 2.00 bits per heavy atom. The van der Waals surface area contributed by atoms with Gasteiger partial charge in [-0.3, -0.25) is 14.9 Å². The topological polar surface area (TPSA) is 79.9 Å². The third-order valence-corrected chi connectivity index (χ3v) is 3.86. The van der Waals surface area contributed by atoms with E-state index in [-0.39, 0.29) is 5.91 Å². The summed E-state index contributed by atoms with van der Waals surface area (Å²) < 4.78 is 5.59. The minimum absolute atomic E-state index is 0.179. The quantitative estimate of drug-likeness (QED) is 0.777. The molecule has 0 aliphatic rings. The molecule has 2 aromatic rings. The van der Waals surface area contributed by atoms with Crippen molar-refractivity contribution in [1.29, 1.82) is 0 Å². The highest BCUT2D eigenvalue weighted by molar-refractivity contribution is 5.94. The molecule has 0 aromatic carbocycles. The number of carbonyl (C=O) groups is 1. The van der Waals surface area contributed by atoms with E-state index in [1.54, 1.807) is 19.3 Å². The van der Waals surface area contributed by atoms with Crippen molar-refractivity contribution in [2.45, 2.75) is 46.6 Å². The average molecular weight is 330 g/mol. The fraction of sp³-hybridized carbons (Fsp3) is 0.500. The van der Waals surface area contributed by atoms with Crippen LogP contribution in [-0.2, 0) is 16.0 Å². The summed E-state index contributed by atoms with van der Waals surface area (Å²) in [5.41, 5.74) is 2.88. The predicted molar refractivity (Wildman–Crippen MR) is 94.7 cm³/mol. The molecule has 0 saturated carbocycles. The highest BCUT2D eigenvalue weighted by Gasteiger charge is 2.19. The molecule has 2 N–H and O–H groups in total. The molecule has 24 heavy (non-hydrogen) atoms. The number of hydrogen-bond donors (Lipinski definition) is 2. The second-order valence-corrected chi connectivity index (χ2v) is 6.20. The van der Waals surface area contributed by atoms with Crippen LogP contribution in [0.2, 0.25) is 0 Å². The van der Waals surface area contributed by atoms with Crippen LogP contribution in [0.3, 0.4) is 0 Å². The molecule has 2 rings (SSSR count). The molecule has 2 aromatic heterocycles. The van der Waals surface area contributed by atoms with Gasteiger partial charge in [0, 0.05) is 30.1 Å². The van der Waals surface area contributed by atoms with Gasteiger partial charge in [-0.25, -0.2) is 0 Å². The van der Waals surface area contributed by atoms with Crippen molar-refractivity contribution in [3.63, 3.8) is 0 Å². The van der Waals surface area contributed by atoms with Crippen LogP contribution in [0, 0.1) is 5.92 Å². The van der Waals surface area contributed by atoms with Crippen LogP contribution in [0.25, 0.3) is 11.3 Å². The first kappa shape index (κ1) is 18.1. The Morgan fingerprint density at radius 1 is 1.29 bits per heavy atom. The number of aromatic amines is 1. The highest BCUT2D eigenvalue weighted by Crippen LogP contribution is 2.26. The molecule has 6 nitrogen and oxygen atoms in total. The Hall–Kier alpha value is -2.21. The number of ether oxygens (including phenoxy) is 1. The Morgan fingerprint density at radius 3 is 2.62 bits per heavy atom. The number of pyridine rings is 1. The minimum atomic E-state index is -0.505. The number of H-pyrrole nitrogens is 1. The van der Waals surface area contributed by atoms with E-state index in [0.29, 0.717) is 18.3 Å². The first-order chi connectivity index (χ1) is 11.5. The van der Waals surface area contributed by atoms with Crippen LogP contribution < -0.4 is 5.32 Å². The molecule has 130 valence electrons. The number of hydrogen-bond acceptors (Lipinski definition) is 4. The lowest BCUT2D eigenvalue weighted by atomic mass is 10.1. The van der Waals surface area contributed by atoms with Crippen molar-refractivity contribution < 1.29 is 9.53 Å². The van der Waals surface area contributed by atoms with Gasteiger partial charge in [-0.15, -0.1) is 0 Å². The Labute approximate surface area is 143 Å². The molecule has 1 unspecified atom stereocenters. The van der Waals surface area contributed by atoms with E-state index in [1.165, 1.54) is 0 Å². The normalized spacial score (nSPS) is 12.4. The van der Waals surface area contributed by atoms with E-state index in [4.69, 9.17) is 4.74 Å². The zero-order chi connectivity index (χ0) is 17.5. The second-order valence-electron chi connectivity index (χ2n) is 6.20. The summed E-state index contributed by atoms with van der Waals surface area (Å²) in [5, 5.41) is 10.1. The number of anilines is 1. The maximum atomic E-state index is 12.3. The second kappa shape index (κ2) is 8.59. The van der Waals surface area contributed by atoms with Gasteiger partial charge in [0.15, 0.2) is 5.82 Å². The van der Waals surface area contributed by atoms with Gasteiger partial charge in [-0.05, 0) is 37.8 Å². The van der Waals surface area contributed by atoms with Crippen molar-refractivity contribution in [1.82, 2.24) is 15.2 Å². The lowest BCUT2D eigenvalue weighted by Gasteiger charge is -2.14. The molecule has 0 bridgehead atoms. The summed E-state index contributed by atoms with van der Waals surface area (Å²) >= 11 is 0. The smallest absolute Gasteiger partial charge is 0.254 e. The molecular weight excluding hydrogens is 304 g/mol. The Balaban J connectivity index is 2.05. The maximum Gasteiger partial charge on any atom is 0.254 e. The monoisotopic (exact) mass is 330 g/mol. The largest absolute Gasteiger partial charge is 0.369 e. The Bertz CT molecular complexity index is 652. The van der Waals surface area contributed by atoms with Gasteiger partial charge in [0.05, 0.1) is 5.69 Å². The van der Waals surface area contributed by atoms with Gasteiger partial charge in [0.1, 0.15) is 6.10 Å². The van der Waals surface area contributed by atoms with Crippen LogP contribution in [0.1, 0.15) is 39.7 Å². The van der Waals surface area contributed by atoms with Crippen LogP contribution in [0.4, 0.5) is 5.82 Å². The van der Waals surface area contributed by atoms with Gasteiger partial charge in [-0.1, -0.05) is 20.8 Å². The lowest BCUT2D eigenvalue weighted by molar-refractivity contribution is -0.126. The van der Waals surface area contributed by atoms with Gasteiger partial charge >= 0.3 is 0 Å². The fourth-order valence-electron chi connectivity index (χ4n) is 2.34. The summed E-state index contributed by atoms with van der Waals surface area (Å²) in [7, 11) is 0. The molecule has 0 spiro atoms. The zero-order valence-electron chi connectivity index (χ0n) is 14.8. The molecular formula is C18H26N4O2.